The van der Waals surface area contributed by atoms with Crippen LogP contribution < -0.4 is 5.32 Å². The van der Waals surface area contributed by atoms with Crippen molar-refractivity contribution in [3.8, 4) is 0 Å². The minimum absolute atomic E-state index is 0.0944. The summed E-state index contributed by atoms with van der Waals surface area (Å²) in [5, 5.41) is 12.9. The number of ether oxygens (including phenoxy) is 1. The van der Waals surface area contributed by atoms with Crippen LogP contribution >= 0.6 is 21.6 Å². The fourth-order valence-corrected chi connectivity index (χ4v) is 5.87. The van der Waals surface area contributed by atoms with Crippen LogP contribution in [0.2, 0.25) is 0 Å². The molecule has 0 aliphatic carbocycles. The molecule has 0 radical (unpaired) electrons. The monoisotopic (exact) mass is 417 g/mol. The number of hydrogen-bond donors (Lipinski definition) is 2. The quantitative estimate of drug-likeness (QED) is 0.527. The fourth-order valence-electron chi connectivity index (χ4n) is 3.41. The van der Waals surface area contributed by atoms with Crippen LogP contribution in [0.15, 0.2) is 0 Å². The van der Waals surface area contributed by atoms with Crippen LogP contribution in [0.4, 0.5) is 0 Å². The summed E-state index contributed by atoms with van der Waals surface area (Å²) in [6.45, 7) is 2.06. The molecule has 6 nitrogen and oxygen atoms in total. The van der Waals surface area contributed by atoms with Crippen molar-refractivity contribution >= 4 is 39.2 Å². The van der Waals surface area contributed by atoms with Crippen molar-refractivity contribution < 1.29 is 24.2 Å². The van der Waals surface area contributed by atoms with Crippen LogP contribution in [0.3, 0.4) is 0 Å². The molecule has 0 aromatic carbocycles. The molecule has 2 rings (SSSR count). The molecule has 1 amide bonds. The Morgan fingerprint density at radius 2 is 1.81 bits per heavy atom. The third-order valence-corrected chi connectivity index (χ3v) is 7.44. The lowest BCUT2D eigenvalue weighted by molar-refractivity contribution is -0.153. The van der Waals surface area contributed by atoms with Gasteiger partial charge in [-0.1, -0.05) is 47.8 Å². The maximum atomic E-state index is 12.6. The first-order chi connectivity index (χ1) is 13.0. The highest BCUT2D eigenvalue weighted by atomic mass is 33.1. The van der Waals surface area contributed by atoms with Crippen molar-refractivity contribution in [3.63, 3.8) is 0 Å². The number of amides is 1. The van der Waals surface area contributed by atoms with E-state index in [1.807, 2.05) is 0 Å². The van der Waals surface area contributed by atoms with Crippen molar-refractivity contribution in [2.75, 3.05) is 11.5 Å². The number of carbonyl (C=O) groups excluding carboxylic acids is 3. The largest absolute Gasteiger partial charge is 0.461 e. The summed E-state index contributed by atoms with van der Waals surface area (Å²) in [5.74, 6) is -0.220. The van der Waals surface area contributed by atoms with Gasteiger partial charge in [0, 0.05) is 24.3 Å². The van der Waals surface area contributed by atoms with Crippen molar-refractivity contribution in [1.29, 1.82) is 0 Å². The molecule has 0 spiro atoms. The molecule has 2 aliphatic rings. The number of aliphatic hydroxyl groups is 1. The van der Waals surface area contributed by atoms with Gasteiger partial charge in [-0.15, -0.1) is 0 Å². The lowest BCUT2D eigenvalue weighted by atomic mass is 9.97. The molecule has 2 N–H and O–H groups in total. The van der Waals surface area contributed by atoms with E-state index in [0.29, 0.717) is 17.9 Å². The predicted octanol–water partition coefficient (Wildman–Crippen LogP) is 2.87. The number of fused-ring (bicyclic) bond motifs is 3. The summed E-state index contributed by atoms with van der Waals surface area (Å²) < 4.78 is 5.71. The van der Waals surface area contributed by atoms with Gasteiger partial charge in [0.2, 0.25) is 5.91 Å². The second-order valence-electron chi connectivity index (χ2n) is 7.41. The number of esters is 1. The number of nitrogens with one attached hydrogen (secondary N) is 1. The van der Waals surface area contributed by atoms with Crippen LogP contribution in [0, 0.1) is 5.92 Å². The summed E-state index contributed by atoms with van der Waals surface area (Å²) in [4.78, 5) is 37.4. The number of ketones is 1. The second-order valence-corrected chi connectivity index (χ2v) is 9.97. The smallest absolute Gasteiger partial charge is 0.329 e. The lowest BCUT2D eigenvalue weighted by Crippen LogP contribution is -2.48. The van der Waals surface area contributed by atoms with Gasteiger partial charge in [0.1, 0.15) is 17.9 Å². The zero-order chi connectivity index (χ0) is 19.6. The highest BCUT2D eigenvalue weighted by Gasteiger charge is 2.32. The first-order valence-electron chi connectivity index (χ1n) is 9.94. The molecule has 8 heteroatoms. The van der Waals surface area contributed by atoms with Gasteiger partial charge >= 0.3 is 5.97 Å². The minimum atomic E-state index is -0.675. The number of carbonyl (C=O) groups is 3. The maximum absolute atomic E-state index is 12.6. The standard InChI is InChI=1S/C19H31NO5S2/c1-2-6-16-8-5-3-4-7-14(21)10-15(22)9-13-11-26-27-12-17(19(24)25-16)20-18(13)23/h13-14,16-17,21H,2-12H2,1H3,(H,20,23). The molecule has 27 heavy (non-hydrogen) atoms. The molecule has 2 saturated heterocycles. The van der Waals surface area contributed by atoms with E-state index < -0.39 is 18.1 Å². The molecule has 2 fully saturated rings. The topological polar surface area (TPSA) is 92.7 Å². The Morgan fingerprint density at radius 1 is 1.07 bits per heavy atom. The van der Waals surface area contributed by atoms with Gasteiger partial charge in [-0.3, -0.25) is 9.59 Å². The van der Waals surface area contributed by atoms with Crippen LogP contribution in [0.25, 0.3) is 0 Å². The van der Waals surface area contributed by atoms with Gasteiger partial charge in [-0.2, -0.15) is 0 Å². The van der Waals surface area contributed by atoms with E-state index in [1.54, 1.807) is 0 Å². The van der Waals surface area contributed by atoms with E-state index in [0.717, 1.165) is 38.5 Å². The predicted molar refractivity (Wildman–Crippen MR) is 108 cm³/mol. The van der Waals surface area contributed by atoms with Gasteiger partial charge < -0.3 is 15.2 Å². The molecule has 2 bridgehead atoms. The summed E-state index contributed by atoms with van der Waals surface area (Å²) in [6.07, 6.45) is 5.28. The van der Waals surface area contributed by atoms with Crippen LogP contribution in [0.1, 0.15) is 64.7 Å². The van der Waals surface area contributed by atoms with E-state index in [-0.39, 0.29) is 36.6 Å². The third-order valence-electron chi connectivity index (χ3n) is 4.95. The second kappa shape index (κ2) is 12.0. The Morgan fingerprint density at radius 3 is 2.59 bits per heavy atom. The molecule has 0 aromatic heterocycles. The lowest BCUT2D eigenvalue weighted by Gasteiger charge is -2.26. The van der Waals surface area contributed by atoms with E-state index in [4.69, 9.17) is 4.74 Å². The fraction of sp³-hybridized carbons (Fsp3) is 0.842. The molecule has 154 valence electrons. The van der Waals surface area contributed by atoms with Crippen molar-refractivity contribution in [3.05, 3.63) is 0 Å². The summed E-state index contributed by atoms with van der Waals surface area (Å²) in [5.41, 5.74) is 0. The van der Waals surface area contributed by atoms with Crippen LogP contribution in [0.5, 0.6) is 0 Å². The number of rotatable bonds is 2. The third kappa shape index (κ3) is 8.03. The average molecular weight is 418 g/mol. The number of hydrogen-bond acceptors (Lipinski definition) is 7. The normalized spacial score (nSPS) is 32.3. The summed E-state index contributed by atoms with van der Waals surface area (Å²) in [6, 6.07) is -0.675. The van der Waals surface area contributed by atoms with Gasteiger partial charge in [-0.05, 0) is 25.7 Å². The van der Waals surface area contributed by atoms with Gasteiger partial charge in [0.25, 0.3) is 0 Å². The van der Waals surface area contributed by atoms with Gasteiger partial charge in [0.15, 0.2) is 0 Å². The maximum Gasteiger partial charge on any atom is 0.329 e. The molecule has 2 aliphatic heterocycles. The average Bonchev–Trinajstić information content (AvgIpc) is 2.60. The molecule has 0 saturated carbocycles. The molecule has 4 unspecified atom stereocenters. The van der Waals surface area contributed by atoms with Crippen molar-refractivity contribution in [1.82, 2.24) is 5.32 Å². The Labute approximate surface area is 169 Å². The van der Waals surface area contributed by atoms with Crippen molar-refractivity contribution in [2.24, 2.45) is 5.92 Å². The zero-order valence-electron chi connectivity index (χ0n) is 16.0. The number of Topliss-reactive ketones (excluding diaryl/α,β-unsaturated/α-hetero) is 1. The molecular weight excluding hydrogens is 386 g/mol. The highest BCUT2D eigenvalue weighted by Crippen LogP contribution is 2.29. The van der Waals surface area contributed by atoms with Crippen LogP contribution in [-0.2, 0) is 19.1 Å². The van der Waals surface area contributed by atoms with E-state index >= 15 is 0 Å². The molecule has 0 aromatic rings. The van der Waals surface area contributed by atoms with Gasteiger partial charge in [-0.25, -0.2) is 4.79 Å². The first kappa shape index (κ1) is 22.6. The van der Waals surface area contributed by atoms with E-state index in [9.17, 15) is 19.5 Å². The Bertz CT molecular complexity index is 516. The first-order valence-corrected chi connectivity index (χ1v) is 12.4. The minimum Gasteiger partial charge on any atom is -0.461 e. The zero-order valence-corrected chi connectivity index (χ0v) is 17.6. The number of aliphatic hydroxyl groups excluding tert-OH is 1. The molecule has 2 heterocycles. The Balaban J connectivity index is 2.10. The van der Waals surface area contributed by atoms with E-state index in [1.165, 1.54) is 21.6 Å². The number of cyclic esters (lactones) is 1. The SMILES string of the molecule is CCCC1CCCCCC(O)CC(=O)CC2CSSCC(NC2=O)C(=O)O1. The Kier molecular flexibility index (Phi) is 10.00. The molecular formula is C19H31NO5S2. The van der Waals surface area contributed by atoms with E-state index in [2.05, 4.69) is 12.2 Å². The van der Waals surface area contributed by atoms with Gasteiger partial charge in [0.05, 0.1) is 12.0 Å². The summed E-state index contributed by atoms with van der Waals surface area (Å²) >= 11 is 0. The highest BCUT2D eigenvalue weighted by molar-refractivity contribution is 8.76. The summed E-state index contributed by atoms with van der Waals surface area (Å²) in [7, 11) is 3.03. The Hall–Kier alpha value is -0.730. The van der Waals surface area contributed by atoms with Crippen LogP contribution in [-0.4, -0.2) is 52.5 Å². The van der Waals surface area contributed by atoms with Crippen molar-refractivity contribution in [2.45, 2.75) is 83.0 Å². The molecule has 4 atom stereocenters.